The molecule has 0 aliphatic carbocycles. The Labute approximate surface area is 197 Å². The quantitative estimate of drug-likeness (QED) is 0.0735. The highest BCUT2D eigenvalue weighted by Gasteiger charge is 2.11. The van der Waals surface area contributed by atoms with Gasteiger partial charge >= 0.3 is 0 Å². The summed E-state index contributed by atoms with van der Waals surface area (Å²) in [5.74, 6) is -0.719. The van der Waals surface area contributed by atoms with Crippen molar-refractivity contribution < 1.29 is 20.2 Å². The average molecular weight is 469 g/mol. The van der Waals surface area contributed by atoms with Crippen molar-refractivity contribution in [1.29, 1.82) is 0 Å². The summed E-state index contributed by atoms with van der Waals surface area (Å²) in [5.41, 5.74) is 5.48. The van der Waals surface area contributed by atoms with Crippen molar-refractivity contribution >= 4 is 5.91 Å². The molecule has 0 saturated carbocycles. The largest absolute Gasteiger partial charge is 0.508 e. The third kappa shape index (κ3) is 15.5. The number of unbranched alkanes of at least 4 members (excludes halogenated alkanes) is 1. The number of rotatable bonds is 21. The standard InChI is InChI=1S/C23H44N6O4/c24-9-3-12-25-10-1-2-11-26-13-4-14-27-15-5-17-29(33)18-6-16-28-23(32)21-19-20(30)7-8-22(21)31/h7-8,19,25-27,30-31,33H,1-6,9-18,24H2,(H,28,32). The molecule has 1 aromatic carbocycles. The zero-order valence-corrected chi connectivity index (χ0v) is 19.8. The molecule has 0 heterocycles. The van der Waals surface area contributed by atoms with Crippen molar-refractivity contribution in [2.24, 2.45) is 5.73 Å². The minimum absolute atomic E-state index is 0.0310. The maximum atomic E-state index is 12.0. The molecule has 0 fully saturated rings. The Morgan fingerprint density at radius 3 is 1.97 bits per heavy atom. The van der Waals surface area contributed by atoms with Crippen molar-refractivity contribution in [3.05, 3.63) is 23.8 Å². The van der Waals surface area contributed by atoms with Gasteiger partial charge in [0.2, 0.25) is 0 Å². The van der Waals surface area contributed by atoms with Gasteiger partial charge in [-0.25, -0.2) is 0 Å². The molecule has 9 N–H and O–H groups in total. The van der Waals surface area contributed by atoms with Crippen LogP contribution in [0.1, 0.15) is 48.9 Å². The third-order valence-corrected chi connectivity index (χ3v) is 5.09. The summed E-state index contributed by atoms with van der Waals surface area (Å²) in [6.45, 7) is 8.04. The summed E-state index contributed by atoms with van der Waals surface area (Å²) in [4.78, 5) is 12.0. The Kier molecular flexibility index (Phi) is 17.2. The molecule has 0 atom stereocenters. The van der Waals surface area contributed by atoms with Crippen LogP contribution in [0, 0.1) is 0 Å². The van der Waals surface area contributed by atoms with Crippen LogP contribution < -0.4 is 27.0 Å². The van der Waals surface area contributed by atoms with E-state index in [-0.39, 0.29) is 17.1 Å². The average Bonchev–Trinajstić information content (AvgIpc) is 2.80. The van der Waals surface area contributed by atoms with Crippen LogP contribution in [0.4, 0.5) is 0 Å². The lowest BCUT2D eigenvalue weighted by Gasteiger charge is -2.15. The van der Waals surface area contributed by atoms with Gasteiger partial charge in [0.05, 0.1) is 5.56 Å². The van der Waals surface area contributed by atoms with E-state index in [1.54, 1.807) is 0 Å². The Morgan fingerprint density at radius 1 is 0.788 bits per heavy atom. The number of nitrogens with zero attached hydrogens (tertiary/aromatic N) is 1. The molecule has 0 aromatic heterocycles. The summed E-state index contributed by atoms with van der Waals surface area (Å²) in [7, 11) is 0. The molecular formula is C23H44N6O4. The van der Waals surface area contributed by atoms with E-state index in [0.717, 1.165) is 65.1 Å². The molecule has 0 aliphatic heterocycles. The molecule has 1 amide bonds. The SMILES string of the molecule is NCCCNCCCCNCCCNCCCN(O)CCCNC(=O)c1cc(O)ccc1O. The molecule has 0 aliphatic rings. The zero-order valence-electron chi connectivity index (χ0n) is 19.8. The number of amides is 1. The second-order valence-electron chi connectivity index (χ2n) is 8.07. The number of phenols is 2. The summed E-state index contributed by atoms with van der Waals surface area (Å²) in [6.07, 6.45) is 5.89. The van der Waals surface area contributed by atoms with Gasteiger partial charge in [0.1, 0.15) is 11.5 Å². The smallest absolute Gasteiger partial charge is 0.255 e. The van der Waals surface area contributed by atoms with Crippen molar-refractivity contribution in [2.45, 2.75) is 38.5 Å². The lowest BCUT2D eigenvalue weighted by Crippen LogP contribution is -2.30. The van der Waals surface area contributed by atoms with Crippen LogP contribution in [-0.2, 0) is 0 Å². The fourth-order valence-corrected chi connectivity index (χ4v) is 3.20. The highest BCUT2D eigenvalue weighted by Crippen LogP contribution is 2.21. The molecular weight excluding hydrogens is 424 g/mol. The van der Waals surface area contributed by atoms with Gasteiger partial charge in [0.15, 0.2) is 0 Å². The van der Waals surface area contributed by atoms with Crippen molar-refractivity contribution in [2.75, 3.05) is 65.4 Å². The molecule has 0 saturated heterocycles. The van der Waals surface area contributed by atoms with Crippen molar-refractivity contribution in [3.8, 4) is 11.5 Å². The second kappa shape index (κ2) is 19.5. The zero-order chi connectivity index (χ0) is 24.2. The van der Waals surface area contributed by atoms with Gasteiger partial charge in [-0.3, -0.25) is 4.79 Å². The van der Waals surface area contributed by atoms with Crippen LogP contribution in [0.25, 0.3) is 0 Å². The number of nitrogens with one attached hydrogen (secondary N) is 4. The molecule has 1 aromatic rings. The van der Waals surface area contributed by atoms with E-state index < -0.39 is 5.91 Å². The molecule has 0 unspecified atom stereocenters. The summed E-state index contributed by atoms with van der Waals surface area (Å²) >= 11 is 0. The Morgan fingerprint density at radius 2 is 1.33 bits per heavy atom. The number of carbonyl (C=O) groups is 1. The fraction of sp³-hybridized carbons (Fsp3) is 0.696. The molecule has 10 heteroatoms. The van der Waals surface area contributed by atoms with E-state index in [9.17, 15) is 20.2 Å². The first-order valence-electron chi connectivity index (χ1n) is 12.1. The third-order valence-electron chi connectivity index (χ3n) is 5.09. The summed E-state index contributed by atoms with van der Waals surface area (Å²) < 4.78 is 0. The molecule has 0 radical (unpaired) electrons. The van der Waals surface area contributed by atoms with Gasteiger partial charge in [-0.1, -0.05) is 0 Å². The van der Waals surface area contributed by atoms with Crippen LogP contribution in [0.15, 0.2) is 18.2 Å². The van der Waals surface area contributed by atoms with Crippen molar-refractivity contribution in [1.82, 2.24) is 26.3 Å². The van der Waals surface area contributed by atoms with Gasteiger partial charge in [-0.05, 0) is 103 Å². The number of nitrogens with two attached hydrogens (primary N) is 1. The number of benzene rings is 1. The lowest BCUT2D eigenvalue weighted by molar-refractivity contribution is -0.0914. The number of hydrogen-bond donors (Lipinski definition) is 8. The monoisotopic (exact) mass is 468 g/mol. The normalized spacial score (nSPS) is 11.2. The lowest BCUT2D eigenvalue weighted by atomic mass is 10.1. The predicted molar refractivity (Wildman–Crippen MR) is 131 cm³/mol. The molecule has 190 valence electrons. The van der Waals surface area contributed by atoms with Crippen LogP contribution in [0.2, 0.25) is 0 Å². The molecule has 33 heavy (non-hydrogen) atoms. The first-order valence-corrected chi connectivity index (χ1v) is 12.1. The summed E-state index contributed by atoms with van der Waals surface area (Å²) in [6, 6.07) is 3.81. The number of hydrogen-bond acceptors (Lipinski definition) is 9. The van der Waals surface area contributed by atoms with Crippen LogP contribution in [0.3, 0.4) is 0 Å². The van der Waals surface area contributed by atoms with Crippen LogP contribution in [0.5, 0.6) is 11.5 Å². The van der Waals surface area contributed by atoms with Crippen LogP contribution in [-0.4, -0.2) is 91.8 Å². The maximum Gasteiger partial charge on any atom is 0.255 e. The van der Waals surface area contributed by atoms with Gasteiger partial charge in [-0.2, -0.15) is 5.06 Å². The van der Waals surface area contributed by atoms with E-state index in [4.69, 9.17) is 5.73 Å². The van der Waals surface area contributed by atoms with E-state index in [0.29, 0.717) is 26.1 Å². The Bertz CT molecular complexity index is 635. The van der Waals surface area contributed by atoms with E-state index >= 15 is 0 Å². The number of aromatic hydroxyl groups is 2. The molecule has 0 spiro atoms. The molecule has 0 bridgehead atoms. The van der Waals surface area contributed by atoms with Gasteiger partial charge in [0, 0.05) is 19.6 Å². The Balaban J connectivity index is 1.87. The first-order chi connectivity index (χ1) is 16.0. The van der Waals surface area contributed by atoms with E-state index in [1.807, 2.05) is 0 Å². The molecule has 10 nitrogen and oxygen atoms in total. The Hall–Kier alpha value is -1.95. The number of phenolic OH excluding ortho intramolecular Hbond substituents is 2. The van der Waals surface area contributed by atoms with Crippen LogP contribution >= 0.6 is 0 Å². The van der Waals surface area contributed by atoms with Gasteiger partial charge < -0.3 is 42.4 Å². The highest BCUT2D eigenvalue weighted by atomic mass is 16.5. The fourth-order valence-electron chi connectivity index (χ4n) is 3.20. The second-order valence-corrected chi connectivity index (χ2v) is 8.07. The van der Waals surface area contributed by atoms with E-state index in [2.05, 4.69) is 21.3 Å². The van der Waals surface area contributed by atoms with Crippen molar-refractivity contribution in [3.63, 3.8) is 0 Å². The summed E-state index contributed by atoms with van der Waals surface area (Å²) in [5, 5.41) is 43.2. The minimum Gasteiger partial charge on any atom is -0.508 e. The maximum absolute atomic E-state index is 12.0. The predicted octanol–water partition coefficient (Wildman–Crippen LogP) is 0.587. The van der Waals surface area contributed by atoms with Gasteiger partial charge in [-0.15, -0.1) is 0 Å². The number of carbonyl (C=O) groups excluding carboxylic acids is 1. The van der Waals surface area contributed by atoms with Gasteiger partial charge in [0.25, 0.3) is 5.91 Å². The minimum atomic E-state index is -0.457. The number of hydroxylamine groups is 2. The highest BCUT2D eigenvalue weighted by molar-refractivity contribution is 5.97. The molecule has 1 rings (SSSR count). The topological polar surface area (TPSA) is 155 Å². The first kappa shape index (κ1) is 29.1. The van der Waals surface area contributed by atoms with E-state index in [1.165, 1.54) is 36.1 Å².